The molecular formula is C14H13ClFN5O2. The van der Waals surface area contributed by atoms with Crippen LogP contribution in [-0.4, -0.2) is 44.3 Å². The third-order valence-electron chi connectivity index (χ3n) is 3.73. The zero-order valence-corrected chi connectivity index (χ0v) is 12.7. The molecule has 1 fully saturated rings. The molecule has 2 aromatic rings. The normalized spacial score (nSPS) is 17.5. The number of aromatic nitrogens is 3. The molecule has 0 spiro atoms. The van der Waals surface area contributed by atoms with Crippen molar-refractivity contribution in [2.45, 2.75) is 18.9 Å². The number of rotatable bonds is 3. The third kappa shape index (κ3) is 2.77. The number of benzene rings is 1. The molecule has 1 atom stereocenters. The van der Waals surface area contributed by atoms with Gasteiger partial charge in [-0.3, -0.25) is 9.59 Å². The first kappa shape index (κ1) is 15.4. The van der Waals surface area contributed by atoms with Crippen LogP contribution in [0.15, 0.2) is 24.4 Å². The van der Waals surface area contributed by atoms with Gasteiger partial charge < -0.3 is 10.6 Å². The average Bonchev–Trinajstić information content (AvgIpc) is 3.18. The monoisotopic (exact) mass is 337 g/mol. The largest absolute Gasteiger partial charge is 0.368 e. The molecule has 2 heterocycles. The lowest BCUT2D eigenvalue weighted by Gasteiger charge is -2.20. The molecule has 120 valence electrons. The van der Waals surface area contributed by atoms with Crippen molar-refractivity contribution in [1.29, 1.82) is 0 Å². The van der Waals surface area contributed by atoms with E-state index in [4.69, 9.17) is 17.3 Å². The van der Waals surface area contributed by atoms with Crippen LogP contribution < -0.4 is 5.73 Å². The summed E-state index contributed by atoms with van der Waals surface area (Å²) in [6, 6.07) is 3.79. The molecule has 0 saturated carbocycles. The molecule has 3 rings (SSSR count). The molecule has 23 heavy (non-hydrogen) atoms. The second kappa shape index (κ2) is 5.96. The van der Waals surface area contributed by atoms with Gasteiger partial charge in [0.1, 0.15) is 11.7 Å². The molecule has 2 amide bonds. The van der Waals surface area contributed by atoms with Crippen molar-refractivity contribution in [3.8, 4) is 5.69 Å². The molecular weight excluding hydrogens is 325 g/mol. The number of nitrogens with two attached hydrogens (primary N) is 1. The Kier molecular flexibility index (Phi) is 3.99. The van der Waals surface area contributed by atoms with E-state index in [2.05, 4.69) is 10.3 Å². The Balaban J connectivity index is 1.88. The van der Waals surface area contributed by atoms with Crippen LogP contribution in [0.4, 0.5) is 4.39 Å². The Bertz CT molecular complexity index is 778. The maximum Gasteiger partial charge on any atom is 0.276 e. The Morgan fingerprint density at radius 3 is 2.91 bits per heavy atom. The fourth-order valence-electron chi connectivity index (χ4n) is 2.60. The van der Waals surface area contributed by atoms with Gasteiger partial charge in [-0.2, -0.15) is 0 Å². The van der Waals surface area contributed by atoms with E-state index in [1.165, 1.54) is 23.2 Å². The van der Waals surface area contributed by atoms with Crippen LogP contribution in [0, 0.1) is 5.82 Å². The van der Waals surface area contributed by atoms with E-state index < -0.39 is 23.7 Å². The number of carbonyl (C=O) groups is 2. The van der Waals surface area contributed by atoms with Gasteiger partial charge in [0.25, 0.3) is 5.91 Å². The van der Waals surface area contributed by atoms with Crippen molar-refractivity contribution in [1.82, 2.24) is 19.9 Å². The quantitative estimate of drug-likeness (QED) is 0.909. The first-order valence-electron chi connectivity index (χ1n) is 6.96. The summed E-state index contributed by atoms with van der Waals surface area (Å²) in [6.45, 7) is 0.421. The van der Waals surface area contributed by atoms with Gasteiger partial charge in [0, 0.05) is 6.54 Å². The van der Waals surface area contributed by atoms with Gasteiger partial charge in [0.05, 0.1) is 11.2 Å². The van der Waals surface area contributed by atoms with Crippen LogP contribution in [0.1, 0.15) is 23.3 Å². The number of hydrogen-bond donors (Lipinski definition) is 1. The van der Waals surface area contributed by atoms with Gasteiger partial charge in [-0.25, -0.2) is 9.07 Å². The van der Waals surface area contributed by atoms with Crippen LogP contribution in [0.3, 0.4) is 0 Å². The van der Waals surface area contributed by atoms with Crippen molar-refractivity contribution in [2.24, 2.45) is 5.73 Å². The number of amides is 2. The summed E-state index contributed by atoms with van der Waals surface area (Å²) in [4.78, 5) is 25.2. The molecule has 0 bridgehead atoms. The minimum absolute atomic E-state index is 0.0116. The predicted molar refractivity (Wildman–Crippen MR) is 79.6 cm³/mol. The molecule has 0 aliphatic carbocycles. The molecule has 1 aromatic heterocycles. The lowest BCUT2D eigenvalue weighted by Crippen LogP contribution is -2.43. The predicted octanol–water partition coefficient (Wildman–Crippen LogP) is 1.15. The molecule has 7 nitrogen and oxygen atoms in total. The van der Waals surface area contributed by atoms with Gasteiger partial charge in [0.15, 0.2) is 11.5 Å². The molecule has 9 heteroatoms. The SMILES string of the molecule is NC(=O)[C@H]1CCCN1C(=O)c1cn(-c2cccc(Cl)c2F)nn1. The van der Waals surface area contributed by atoms with Crippen LogP contribution in [0.5, 0.6) is 0 Å². The number of carbonyl (C=O) groups excluding carboxylic acids is 2. The van der Waals surface area contributed by atoms with Crippen LogP contribution >= 0.6 is 11.6 Å². The number of likely N-dealkylation sites (tertiary alicyclic amines) is 1. The van der Waals surface area contributed by atoms with Crippen LogP contribution in [0.2, 0.25) is 5.02 Å². The zero-order valence-electron chi connectivity index (χ0n) is 11.9. The minimum Gasteiger partial charge on any atom is -0.368 e. The zero-order chi connectivity index (χ0) is 16.6. The molecule has 1 saturated heterocycles. The number of primary amides is 1. The first-order chi connectivity index (χ1) is 11.0. The Hall–Kier alpha value is -2.48. The molecule has 0 radical (unpaired) electrons. The van der Waals surface area contributed by atoms with Crippen molar-refractivity contribution < 1.29 is 14.0 Å². The molecule has 2 N–H and O–H groups in total. The highest BCUT2D eigenvalue weighted by molar-refractivity contribution is 6.30. The minimum atomic E-state index is -0.658. The van der Waals surface area contributed by atoms with Crippen molar-refractivity contribution >= 4 is 23.4 Å². The summed E-state index contributed by atoms with van der Waals surface area (Å²) in [7, 11) is 0. The van der Waals surface area contributed by atoms with E-state index in [9.17, 15) is 14.0 Å². The molecule has 1 aliphatic rings. The van der Waals surface area contributed by atoms with Crippen molar-refractivity contribution in [3.05, 3.63) is 40.9 Å². The average molecular weight is 338 g/mol. The molecule has 1 aliphatic heterocycles. The Morgan fingerprint density at radius 2 is 2.17 bits per heavy atom. The Labute approximate surface area is 135 Å². The summed E-state index contributed by atoms with van der Waals surface area (Å²) in [6.07, 6.45) is 2.52. The van der Waals surface area contributed by atoms with Gasteiger partial charge in [0.2, 0.25) is 5.91 Å². The summed E-state index contributed by atoms with van der Waals surface area (Å²) in [5.74, 6) is -1.67. The smallest absolute Gasteiger partial charge is 0.276 e. The summed E-state index contributed by atoms with van der Waals surface area (Å²) >= 11 is 5.73. The standard InChI is InChI=1S/C14H13ClFN5O2/c15-8-3-1-4-10(12(8)16)21-7-9(18-19-21)14(23)20-6-2-5-11(20)13(17)22/h1,3-4,7,11H,2,5-6H2,(H2,17,22)/t11-/m1/s1. The maximum absolute atomic E-state index is 14.0. The van der Waals surface area contributed by atoms with E-state index in [1.807, 2.05) is 0 Å². The number of halogens is 2. The molecule has 1 aromatic carbocycles. The van der Waals surface area contributed by atoms with E-state index in [-0.39, 0.29) is 16.4 Å². The fourth-order valence-corrected chi connectivity index (χ4v) is 2.77. The van der Waals surface area contributed by atoms with E-state index in [1.54, 1.807) is 6.07 Å². The Morgan fingerprint density at radius 1 is 1.39 bits per heavy atom. The third-order valence-corrected chi connectivity index (χ3v) is 4.02. The number of nitrogens with zero attached hydrogens (tertiary/aromatic N) is 4. The fraction of sp³-hybridized carbons (Fsp3) is 0.286. The summed E-state index contributed by atoms with van der Waals surface area (Å²) in [5, 5.41) is 7.46. The van der Waals surface area contributed by atoms with Crippen LogP contribution in [0.25, 0.3) is 5.69 Å². The first-order valence-corrected chi connectivity index (χ1v) is 7.34. The highest BCUT2D eigenvalue weighted by Gasteiger charge is 2.34. The summed E-state index contributed by atoms with van der Waals surface area (Å²) in [5.41, 5.74) is 5.39. The topological polar surface area (TPSA) is 94.1 Å². The van der Waals surface area contributed by atoms with Gasteiger partial charge in [-0.05, 0) is 25.0 Å². The van der Waals surface area contributed by atoms with Crippen molar-refractivity contribution in [3.63, 3.8) is 0 Å². The lowest BCUT2D eigenvalue weighted by molar-refractivity contribution is -0.121. The van der Waals surface area contributed by atoms with E-state index in [0.29, 0.717) is 19.4 Å². The highest BCUT2D eigenvalue weighted by atomic mass is 35.5. The maximum atomic E-state index is 14.0. The lowest BCUT2D eigenvalue weighted by atomic mass is 10.2. The van der Waals surface area contributed by atoms with Crippen LogP contribution in [-0.2, 0) is 4.79 Å². The highest BCUT2D eigenvalue weighted by Crippen LogP contribution is 2.22. The second-order valence-electron chi connectivity index (χ2n) is 5.18. The second-order valence-corrected chi connectivity index (χ2v) is 5.59. The summed E-state index contributed by atoms with van der Waals surface area (Å²) < 4.78 is 15.1. The van der Waals surface area contributed by atoms with Crippen molar-refractivity contribution in [2.75, 3.05) is 6.54 Å². The van der Waals surface area contributed by atoms with Gasteiger partial charge >= 0.3 is 0 Å². The van der Waals surface area contributed by atoms with E-state index in [0.717, 1.165) is 4.68 Å². The molecule has 0 unspecified atom stereocenters. The van der Waals surface area contributed by atoms with Gasteiger partial charge in [-0.15, -0.1) is 5.10 Å². The number of hydrogen-bond acceptors (Lipinski definition) is 4. The van der Waals surface area contributed by atoms with Gasteiger partial charge in [-0.1, -0.05) is 22.9 Å². The van der Waals surface area contributed by atoms with E-state index >= 15 is 0 Å².